The van der Waals surface area contributed by atoms with E-state index in [9.17, 15) is 18.1 Å². The molecule has 12 heavy (non-hydrogen) atoms. The monoisotopic (exact) mass is 175 g/mol. The van der Waals surface area contributed by atoms with E-state index in [2.05, 4.69) is 5.18 Å². The summed E-state index contributed by atoms with van der Waals surface area (Å²) in [6.07, 6.45) is -4.51. The van der Waals surface area contributed by atoms with Gasteiger partial charge in [-0.3, -0.25) is 0 Å². The van der Waals surface area contributed by atoms with Crippen LogP contribution >= 0.6 is 0 Å². The van der Waals surface area contributed by atoms with Crippen LogP contribution in [-0.2, 0) is 6.18 Å². The molecule has 0 saturated carbocycles. The van der Waals surface area contributed by atoms with Gasteiger partial charge in [0.1, 0.15) is 5.69 Å². The molecular weight excluding hydrogens is 171 g/mol. The number of halogens is 3. The van der Waals surface area contributed by atoms with Gasteiger partial charge in [-0.05, 0) is 17.3 Å². The number of alkyl halides is 3. The van der Waals surface area contributed by atoms with Crippen LogP contribution in [0.15, 0.2) is 29.4 Å². The zero-order chi connectivity index (χ0) is 9.19. The first-order valence-corrected chi connectivity index (χ1v) is 3.05. The standard InChI is InChI=1S/C7H4F3NO/c8-7(9,10)5-3-1-2-4-6(5)11-12/h1-4H. The molecule has 0 fully saturated rings. The second-order valence-electron chi connectivity index (χ2n) is 2.11. The highest BCUT2D eigenvalue weighted by Crippen LogP contribution is 2.35. The molecule has 0 aliphatic rings. The lowest BCUT2D eigenvalue weighted by atomic mass is 10.2. The van der Waals surface area contributed by atoms with Gasteiger partial charge in [-0.15, -0.1) is 4.91 Å². The van der Waals surface area contributed by atoms with Gasteiger partial charge in [0.2, 0.25) is 0 Å². The maximum atomic E-state index is 12.0. The summed E-state index contributed by atoms with van der Waals surface area (Å²) in [6, 6.07) is 4.37. The summed E-state index contributed by atoms with van der Waals surface area (Å²) in [5, 5.41) is 2.27. The van der Waals surface area contributed by atoms with E-state index in [1.54, 1.807) is 0 Å². The number of rotatable bonds is 1. The lowest BCUT2D eigenvalue weighted by Gasteiger charge is -2.06. The van der Waals surface area contributed by atoms with Crippen molar-refractivity contribution in [3.8, 4) is 0 Å². The van der Waals surface area contributed by atoms with Gasteiger partial charge < -0.3 is 0 Å². The molecule has 0 N–H and O–H groups in total. The fraction of sp³-hybridized carbons (Fsp3) is 0.143. The molecule has 0 aliphatic carbocycles. The second-order valence-corrected chi connectivity index (χ2v) is 2.11. The number of nitroso groups, excluding NO2 is 1. The Morgan fingerprint density at radius 2 is 1.75 bits per heavy atom. The number of hydrogen-bond donors (Lipinski definition) is 0. The summed E-state index contributed by atoms with van der Waals surface area (Å²) in [5.41, 5.74) is -1.58. The van der Waals surface area contributed by atoms with Crippen molar-refractivity contribution in [3.05, 3.63) is 34.7 Å². The number of hydrogen-bond acceptors (Lipinski definition) is 2. The van der Waals surface area contributed by atoms with Gasteiger partial charge in [0.15, 0.2) is 0 Å². The van der Waals surface area contributed by atoms with Gasteiger partial charge in [-0.2, -0.15) is 13.2 Å². The molecule has 64 valence electrons. The van der Waals surface area contributed by atoms with E-state index in [0.29, 0.717) is 0 Å². The number of benzene rings is 1. The van der Waals surface area contributed by atoms with Gasteiger partial charge in [0, 0.05) is 0 Å². The minimum Gasteiger partial charge on any atom is -0.166 e. The second kappa shape index (κ2) is 2.92. The van der Waals surface area contributed by atoms with Gasteiger partial charge in [-0.25, -0.2) is 0 Å². The lowest BCUT2D eigenvalue weighted by molar-refractivity contribution is -0.137. The molecular formula is C7H4F3NO. The van der Waals surface area contributed by atoms with Crippen molar-refractivity contribution in [1.29, 1.82) is 0 Å². The van der Waals surface area contributed by atoms with E-state index in [0.717, 1.165) is 12.1 Å². The van der Waals surface area contributed by atoms with Crippen LogP contribution in [0.4, 0.5) is 18.9 Å². The molecule has 1 aromatic carbocycles. The molecule has 0 bridgehead atoms. The summed E-state index contributed by atoms with van der Waals surface area (Å²) >= 11 is 0. The average Bonchev–Trinajstić information content (AvgIpc) is 2.03. The van der Waals surface area contributed by atoms with Gasteiger partial charge in [-0.1, -0.05) is 12.1 Å². The van der Waals surface area contributed by atoms with E-state index in [1.807, 2.05) is 0 Å². The Bertz CT molecular complexity index is 295. The molecule has 1 rings (SSSR count). The van der Waals surface area contributed by atoms with Crippen LogP contribution in [0.5, 0.6) is 0 Å². The van der Waals surface area contributed by atoms with E-state index in [4.69, 9.17) is 0 Å². The third kappa shape index (κ3) is 1.61. The molecule has 0 aromatic heterocycles. The van der Waals surface area contributed by atoms with E-state index >= 15 is 0 Å². The first kappa shape index (κ1) is 8.70. The maximum Gasteiger partial charge on any atom is 0.418 e. The summed E-state index contributed by atoms with van der Waals surface area (Å²) in [5.74, 6) is 0. The molecule has 0 unspecified atom stereocenters. The predicted octanol–water partition coefficient (Wildman–Crippen LogP) is 3.10. The van der Waals surface area contributed by atoms with Crippen molar-refractivity contribution in [2.24, 2.45) is 5.18 Å². The Morgan fingerprint density at radius 1 is 1.17 bits per heavy atom. The van der Waals surface area contributed by atoms with Crippen LogP contribution < -0.4 is 0 Å². The largest absolute Gasteiger partial charge is 0.418 e. The fourth-order valence-electron chi connectivity index (χ4n) is 0.793. The average molecular weight is 175 g/mol. The van der Waals surface area contributed by atoms with Crippen LogP contribution in [0, 0.1) is 4.91 Å². The SMILES string of the molecule is O=Nc1ccccc1C(F)(F)F. The Balaban J connectivity index is 3.23. The highest BCUT2D eigenvalue weighted by molar-refractivity contribution is 5.46. The van der Waals surface area contributed by atoms with Gasteiger partial charge in [0.05, 0.1) is 5.56 Å². The molecule has 0 spiro atoms. The van der Waals surface area contributed by atoms with E-state index < -0.39 is 17.4 Å². The van der Waals surface area contributed by atoms with E-state index in [1.165, 1.54) is 12.1 Å². The lowest BCUT2D eigenvalue weighted by Crippen LogP contribution is -2.04. The van der Waals surface area contributed by atoms with E-state index in [-0.39, 0.29) is 0 Å². The molecule has 0 radical (unpaired) electrons. The summed E-state index contributed by atoms with van der Waals surface area (Å²) in [6.45, 7) is 0. The molecule has 2 nitrogen and oxygen atoms in total. The third-order valence-electron chi connectivity index (χ3n) is 1.31. The maximum absolute atomic E-state index is 12.0. The van der Waals surface area contributed by atoms with Crippen molar-refractivity contribution in [3.63, 3.8) is 0 Å². The fourth-order valence-corrected chi connectivity index (χ4v) is 0.793. The summed E-state index contributed by atoms with van der Waals surface area (Å²) in [7, 11) is 0. The first-order chi connectivity index (χ1) is 5.55. The molecule has 0 aliphatic heterocycles. The minimum atomic E-state index is -4.51. The third-order valence-corrected chi connectivity index (χ3v) is 1.31. The highest BCUT2D eigenvalue weighted by atomic mass is 19.4. The Labute approximate surface area is 66.0 Å². The van der Waals surface area contributed by atoms with Crippen molar-refractivity contribution in [2.75, 3.05) is 0 Å². The van der Waals surface area contributed by atoms with Gasteiger partial charge >= 0.3 is 6.18 Å². The zero-order valence-corrected chi connectivity index (χ0v) is 5.80. The van der Waals surface area contributed by atoms with Crippen LogP contribution in [-0.4, -0.2) is 0 Å². The summed E-state index contributed by atoms with van der Waals surface area (Å²) in [4.78, 5) is 9.92. The highest BCUT2D eigenvalue weighted by Gasteiger charge is 2.33. The zero-order valence-electron chi connectivity index (χ0n) is 5.80. The number of nitrogens with zero attached hydrogens (tertiary/aromatic N) is 1. The van der Waals surface area contributed by atoms with Crippen LogP contribution in [0.25, 0.3) is 0 Å². The summed E-state index contributed by atoms with van der Waals surface area (Å²) < 4.78 is 36.1. The molecule has 5 heteroatoms. The molecule has 0 atom stereocenters. The van der Waals surface area contributed by atoms with Crippen LogP contribution in [0.1, 0.15) is 5.56 Å². The normalized spacial score (nSPS) is 11.2. The molecule has 1 aromatic rings. The van der Waals surface area contributed by atoms with Crippen molar-refractivity contribution < 1.29 is 13.2 Å². The van der Waals surface area contributed by atoms with Crippen molar-refractivity contribution >= 4 is 5.69 Å². The predicted molar refractivity (Wildman–Crippen MR) is 36.9 cm³/mol. The smallest absolute Gasteiger partial charge is 0.166 e. The van der Waals surface area contributed by atoms with Crippen LogP contribution in [0.2, 0.25) is 0 Å². The quantitative estimate of drug-likeness (QED) is 0.603. The Kier molecular flexibility index (Phi) is 2.12. The molecule has 0 saturated heterocycles. The Hall–Kier alpha value is -1.39. The van der Waals surface area contributed by atoms with Crippen LogP contribution in [0.3, 0.4) is 0 Å². The van der Waals surface area contributed by atoms with Crippen molar-refractivity contribution in [2.45, 2.75) is 6.18 Å². The van der Waals surface area contributed by atoms with Gasteiger partial charge in [0.25, 0.3) is 0 Å². The topological polar surface area (TPSA) is 29.4 Å². The minimum absolute atomic E-state index is 0.579. The molecule has 0 amide bonds. The molecule has 0 heterocycles. The Morgan fingerprint density at radius 3 is 2.17 bits per heavy atom. The first-order valence-electron chi connectivity index (χ1n) is 3.05. The van der Waals surface area contributed by atoms with Crippen molar-refractivity contribution in [1.82, 2.24) is 0 Å².